The third kappa shape index (κ3) is 4.19. The molecule has 0 aromatic heterocycles. The van der Waals surface area contributed by atoms with Crippen molar-refractivity contribution in [3.63, 3.8) is 0 Å². The number of ether oxygens (including phenoxy) is 2. The number of alkyl halides is 3. The van der Waals surface area contributed by atoms with E-state index in [0.717, 1.165) is 17.0 Å². The molecule has 4 rings (SSSR count). The van der Waals surface area contributed by atoms with Crippen molar-refractivity contribution in [3.05, 3.63) is 47.5 Å². The molecule has 0 spiro atoms. The van der Waals surface area contributed by atoms with Crippen LogP contribution >= 0.6 is 12.2 Å². The number of fused-ring (bicyclic) bond motifs is 1. The normalized spacial score (nSPS) is 19.1. The van der Waals surface area contributed by atoms with Gasteiger partial charge in [0.1, 0.15) is 5.54 Å². The van der Waals surface area contributed by atoms with Crippen LogP contribution < -0.4 is 24.6 Å². The number of amides is 2. The van der Waals surface area contributed by atoms with Gasteiger partial charge in [-0.25, -0.2) is 0 Å². The van der Waals surface area contributed by atoms with Crippen LogP contribution in [-0.4, -0.2) is 42.2 Å². The van der Waals surface area contributed by atoms with Crippen molar-refractivity contribution in [3.8, 4) is 17.6 Å². The number of benzene rings is 2. The number of likely N-dealkylation sites (N-methyl/N-ethyl adjacent to an activating group) is 1. The van der Waals surface area contributed by atoms with E-state index in [4.69, 9.17) is 27.0 Å². The number of nitrogens with zero attached hydrogens (tertiary/aromatic N) is 3. The van der Waals surface area contributed by atoms with Crippen LogP contribution in [-0.2, 0) is 15.8 Å². The maximum atomic E-state index is 13.5. The van der Waals surface area contributed by atoms with E-state index in [1.807, 2.05) is 0 Å². The number of rotatable bonds is 3. The lowest BCUT2D eigenvalue weighted by molar-refractivity contribution is -0.137. The number of anilines is 2. The Kier molecular flexibility index (Phi) is 6.30. The first kappa shape index (κ1) is 25.2. The molecule has 0 bridgehead atoms. The monoisotopic (exact) mass is 518 g/mol. The van der Waals surface area contributed by atoms with Gasteiger partial charge in [0.15, 0.2) is 22.7 Å². The quantitative estimate of drug-likeness (QED) is 0.618. The fraction of sp³-hybridized carbons (Fsp3) is 0.333. The number of hydrogen-bond acceptors (Lipinski definition) is 6. The number of hydrogen-bond donors (Lipinski definition) is 1. The van der Waals surface area contributed by atoms with E-state index >= 15 is 0 Å². The summed E-state index contributed by atoms with van der Waals surface area (Å²) in [4.78, 5) is 27.9. The Hall–Kier alpha value is -3.85. The smallest absolute Gasteiger partial charge is 0.417 e. The van der Waals surface area contributed by atoms with Gasteiger partial charge in [-0.3, -0.25) is 14.5 Å². The van der Waals surface area contributed by atoms with Crippen LogP contribution in [0.4, 0.5) is 24.5 Å². The maximum Gasteiger partial charge on any atom is 0.417 e. The van der Waals surface area contributed by atoms with Gasteiger partial charge in [0, 0.05) is 25.2 Å². The van der Waals surface area contributed by atoms with Gasteiger partial charge in [0.2, 0.25) is 0 Å². The molecule has 2 amide bonds. The molecule has 1 unspecified atom stereocenters. The standard InChI is InChI=1S/C24H21F3N4O4S/c1-23(2)21(33)30(14-5-4-13(12-28)16(10-14)24(25,26)27)22(36)31(23)15-6-7-17-19(11-15)34-9-8-18(35-17)20(32)29-3/h4-7,10-11,18H,8-9H2,1-3H3,(H,29,32). The maximum absolute atomic E-state index is 13.5. The number of carbonyl (C=O) groups is 2. The van der Waals surface area contributed by atoms with E-state index in [0.29, 0.717) is 23.6 Å². The summed E-state index contributed by atoms with van der Waals surface area (Å²) in [5.74, 6) is -0.171. The molecular weight excluding hydrogens is 497 g/mol. The lowest BCUT2D eigenvalue weighted by Gasteiger charge is -2.30. The zero-order valence-corrected chi connectivity index (χ0v) is 20.3. The summed E-state index contributed by atoms with van der Waals surface area (Å²) in [6, 6.07) is 9.35. The molecule has 1 N–H and O–H groups in total. The first-order valence-electron chi connectivity index (χ1n) is 10.9. The molecule has 2 aliphatic rings. The SMILES string of the molecule is CNC(=O)C1CCOc2cc(N3C(=S)N(c4ccc(C#N)c(C(F)(F)F)c4)C(=O)C3(C)C)ccc2O1. The molecule has 36 heavy (non-hydrogen) atoms. The second-order valence-electron chi connectivity index (χ2n) is 8.65. The number of nitrogens with one attached hydrogen (secondary N) is 1. The summed E-state index contributed by atoms with van der Waals surface area (Å²) in [5, 5.41) is 11.6. The summed E-state index contributed by atoms with van der Waals surface area (Å²) >= 11 is 5.56. The Labute approximate surface area is 210 Å². The molecule has 188 valence electrons. The molecule has 8 nitrogen and oxygen atoms in total. The van der Waals surface area contributed by atoms with E-state index in [-0.39, 0.29) is 23.3 Å². The highest BCUT2D eigenvalue weighted by molar-refractivity contribution is 7.81. The molecule has 0 saturated carbocycles. The van der Waals surface area contributed by atoms with Crippen LogP contribution in [0.3, 0.4) is 0 Å². The minimum Gasteiger partial charge on any atom is -0.489 e. The van der Waals surface area contributed by atoms with Crippen molar-refractivity contribution < 1.29 is 32.2 Å². The Bertz CT molecular complexity index is 1310. The molecule has 0 radical (unpaired) electrons. The third-order valence-corrected chi connectivity index (χ3v) is 6.35. The fourth-order valence-electron chi connectivity index (χ4n) is 4.14. The summed E-state index contributed by atoms with van der Waals surface area (Å²) in [6.07, 6.45) is -5.20. The first-order valence-corrected chi connectivity index (χ1v) is 11.3. The highest BCUT2D eigenvalue weighted by atomic mass is 32.1. The fourth-order valence-corrected chi connectivity index (χ4v) is 4.66. The molecule has 1 fully saturated rings. The van der Waals surface area contributed by atoms with Crippen LogP contribution in [0.15, 0.2) is 36.4 Å². The minimum absolute atomic E-state index is 0.0411. The first-order chi connectivity index (χ1) is 16.9. The van der Waals surface area contributed by atoms with E-state index in [2.05, 4.69) is 5.32 Å². The average Bonchev–Trinajstić information content (AvgIpc) is 2.96. The highest BCUT2D eigenvalue weighted by Crippen LogP contribution is 2.42. The largest absolute Gasteiger partial charge is 0.489 e. The van der Waals surface area contributed by atoms with Crippen LogP contribution in [0.1, 0.15) is 31.4 Å². The van der Waals surface area contributed by atoms with E-state index in [9.17, 15) is 22.8 Å². The molecule has 12 heteroatoms. The summed E-state index contributed by atoms with van der Waals surface area (Å²) in [6.45, 7) is 3.40. The molecule has 2 heterocycles. The van der Waals surface area contributed by atoms with Crippen LogP contribution in [0.5, 0.6) is 11.5 Å². The molecule has 2 aliphatic heterocycles. The Morgan fingerprint density at radius 1 is 1.19 bits per heavy atom. The zero-order valence-electron chi connectivity index (χ0n) is 19.5. The van der Waals surface area contributed by atoms with Crippen molar-refractivity contribution in [2.45, 2.75) is 38.1 Å². The van der Waals surface area contributed by atoms with Gasteiger partial charge in [-0.1, -0.05) is 0 Å². The van der Waals surface area contributed by atoms with Crippen LogP contribution in [0, 0.1) is 11.3 Å². The Morgan fingerprint density at radius 3 is 2.53 bits per heavy atom. The van der Waals surface area contributed by atoms with Gasteiger partial charge in [-0.2, -0.15) is 18.4 Å². The number of halogens is 3. The third-order valence-electron chi connectivity index (χ3n) is 5.99. The lowest BCUT2D eigenvalue weighted by atomic mass is 10.0. The van der Waals surface area contributed by atoms with Gasteiger partial charge < -0.3 is 19.7 Å². The van der Waals surface area contributed by atoms with E-state index in [1.54, 1.807) is 32.0 Å². The second-order valence-corrected chi connectivity index (χ2v) is 9.01. The predicted octanol–water partition coefficient (Wildman–Crippen LogP) is 3.77. The van der Waals surface area contributed by atoms with Gasteiger partial charge in [-0.05, 0) is 56.4 Å². The predicted molar refractivity (Wildman–Crippen MR) is 128 cm³/mol. The number of nitriles is 1. The van der Waals surface area contributed by atoms with Crippen LogP contribution in [0.2, 0.25) is 0 Å². The highest BCUT2D eigenvalue weighted by Gasteiger charge is 2.51. The van der Waals surface area contributed by atoms with Gasteiger partial charge >= 0.3 is 6.18 Å². The van der Waals surface area contributed by atoms with E-state index in [1.165, 1.54) is 24.1 Å². The van der Waals surface area contributed by atoms with Crippen molar-refractivity contribution in [1.82, 2.24) is 5.32 Å². The van der Waals surface area contributed by atoms with Gasteiger partial charge in [0.05, 0.1) is 29.5 Å². The number of carbonyl (C=O) groups excluding carboxylic acids is 2. The van der Waals surface area contributed by atoms with Crippen molar-refractivity contribution in [1.29, 1.82) is 5.26 Å². The van der Waals surface area contributed by atoms with Crippen LogP contribution in [0.25, 0.3) is 0 Å². The second kappa shape index (κ2) is 8.98. The Balaban J connectivity index is 1.72. The van der Waals surface area contributed by atoms with E-state index < -0.39 is 34.9 Å². The van der Waals surface area contributed by atoms with Gasteiger partial charge in [0.25, 0.3) is 11.8 Å². The van der Waals surface area contributed by atoms with Gasteiger partial charge in [-0.15, -0.1) is 0 Å². The summed E-state index contributed by atoms with van der Waals surface area (Å²) in [5.41, 5.74) is -2.62. The molecule has 2 aromatic rings. The van der Waals surface area contributed by atoms with Crippen molar-refractivity contribution >= 4 is 40.5 Å². The Morgan fingerprint density at radius 2 is 1.89 bits per heavy atom. The topological polar surface area (TPSA) is 94.9 Å². The molecule has 1 saturated heterocycles. The number of thiocarbonyl (C=S) groups is 1. The average molecular weight is 519 g/mol. The summed E-state index contributed by atoms with van der Waals surface area (Å²) < 4.78 is 52.2. The lowest BCUT2D eigenvalue weighted by Crippen LogP contribution is -2.44. The molecule has 0 aliphatic carbocycles. The minimum atomic E-state index is -4.79. The molecule has 1 atom stereocenters. The summed E-state index contributed by atoms with van der Waals surface area (Å²) in [7, 11) is 1.51. The molecular formula is C24H21F3N4O4S. The van der Waals surface area contributed by atoms with Crippen molar-refractivity contribution in [2.75, 3.05) is 23.5 Å². The molecule has 2 aromatic carbocycles. The van der Waals surface area contributed by atoms with Crippen molar-refractivity contribution in [2.24, 2.45) is 0 Å². The zero-order chi connectivity index (χ0) is 26.4.